The van der Waals surface area contributed by atoms with Gasteiger partial charge in [0.15, 0.2) is 0 Å². The van der Waals surface area contributed by atoms with Crippen molar-refractivity contribution in [2.45, 2.75) is 65.8 Å². The van der Waals surface area contributed by atoms with Gasteiger partial charge in [-0.3, -0.25) is 0 Å². The lowest BCUT2D eigenvalue weighted by Crippen LogP contribution is -2.32. The van der Waals surface area contributed by atoms with Gasteiger partial charge in [0.05, 0.1) is 0 Å². The van der Waals surface area contributed by atoms with Gasteiger partial charge in [-0.05, 0) is 26.7 Å². The van der Waals surface area contributed by atoms with Crippen LogP contribution in [-0.2, 0) is 18.9 Å². The number of nitrogens with zero attached hydrogens (tertiary/aromatic N) is 1. The minimum absolute atomic E-state index is 0.229. The Hall–Kier alpha value is -0.200. The molecule has 0 aromatic rings. The summed E-state index contributed by atoms with van der Waals surface area (Å²) in [5, 5.41) is 4.31. The summed E-state index contributed by atoms with van der Waals surface area (Å²) in [4.78, 5) is 0. The first kappa shape index (κ1) is 18.8. The molecule has 2 unspecified atom stereocenters. The zero-order valence-electron chi connectivity index (χ0n) is 12.9. The van der Waals surface area contributed by atoms with Gasteiger partial charge in [-0.1, -0.05) is 26.7 Å². The molecule has 0 aliphatic rings. The highest BCUT2D eigenvalue weighted by Crippen LogP contribution is 1.97. The third kappa shape index (κ3) is 14.0. The monoisotopic (exact) mass is 276 g/mol. The summed E-state index contributed by atoms with van der Waals surface area (Å²) in [6.45, 7) is 10.0. The van der Waals surface area contributed by atoms with Crippen LogP contribution in [0.3, 0.4) is 0 Å². The fourth-order valence-electron chi connectivity index (χ4n) is 1.29. The van der Waals surface area contributed by atoms with Crippen molar-refractivity contribution in [3.05, 3.63) is 0 Å². The average Bonchev–Trinajstić information content (AvgIpc) is 2.38. The smallest absolute Gasteiger partial charge is 0.148 e. The van der Waals surface area contributed by atoms with Gasteiger partial charge < -0.3 is 18.9 Å². The zero-order chi connectivity index (χ0) is 14.3. The van der Waals surface area contributed by atoms with E-state index in [1.807, 2.05) is 13.8 Å². The van der Waals surface area contributed by atoms with Crippen LogP contribution in [0, 0.1) is 0 Å². The normalized spacial score (nSPS) is 14.5. The van der Waals surface area contributed by atoms with Crippen molar-refractivity contribution in [2.75, 3.05) is 26.8 Å². The number of unbranched alkanes of at least 4 members (excludes halogenated alkanes) is 2. The van der Waals surface area contributed by atoms with E-state index < -0.39 is 0 Å². The van der Waals surface area contributed by atoms with Gasteiger partial charge in [-0.25, -0.2) is 0 Å². The Bertz CT molecular complexity index is 163. The second-order valence-electron chi connectivity index (χ2n) is 4.44. The summed E-state index contributed by atoms with van der Waals surface area (Å²) in [5.74, 6) is 0. The van der Waals surface area contributed by atoms with Crippen molar-refractivity contribution in [2.24, 2.45) is 0 Å². The van der Waals surface area contributed by atoms with Crippen molar-refractivity contribution < 1.29 is 18.9 Å². The summed E-state index contributed by atoms with van der Waals surface area (Å²) in [6, 6.07) is 0. The van der Waals surface area contributed by atoms with Crippen molar-refractivity contribution in [3.8, 4) is 0 Å². The Morgan fingerprint density at radius 3 is 1.58 bits per heavy atom. The van der Waals surface area contributed by atoms with E-state index >= 15 is 0 Å². The first-order valence-electron chi connectivity index (χ1n) is 7.29. The number of ether oxygens (including phenoxy) is 4. The molecule has 0 aromatic heterocycles. The molecule has 1 radical (unpaired) electrons. The molecule has 5 heteroatoms. The van der Waals surface area contributed by atoms with Crippen LogP contribution in [0.1, 0.15) is 53.4 Å². The van der Waals surface area contributed by atoms with Crippen molar-refractivity contribution in [1.29, 1.82) is 0 Å². The van der Waals surface area contributed by atoms with E-state index in [0.29, 0.717) is 0 Å². The predicted molar refractivity (Wildman–Crippen MR) is 74.7 cm³/mol. The maximum Gasteiger partial charge on any atom is 0.148 e. The lowest BCUT2D eigenvalue weighted by Gasteiger charge is -2.18. The van der Waals surface area contributed by atoms with Gasteiger partial charge in [0.1, 0.15) is 26.0 Å². The molecule has 0 aromatic carbocycles. The van der Waals surface area contributed by atoms with E-state index in [4.69, 9.17) is 18.9 Å². The van der Waals surface area contributed by atoms with Gasteiger partial charge in [0, 0.05) is 13.2 Å². The topological polar surface area (TPSA) is 51.0 Å². The molecule has 2 atom stereocenters. The summed E-state index contributed by atoms with van der Waals surface area (Å²) in [7, 11) is 0. The standard InChI is InChI=1S/C14H30NO4/c1-5-7-9-16-11-18-13(3)15-14(4)19-12-17-10-8-6-2/h13-14H,5-12H2,1-4H3. The fourth-order valence-corrected chi connectivity index (χ4v) is 1.29. The Morgan fingerprint density at radius 2 is 1.21 bits per heavy atom. The maximum absolute atomic E-state index is 5.39. The van der Waals surface area contributed by atoms with Gasteiger partial charge in [0.2, 0.25) is 0 Å². The van der Waals surface area contributed by atoms with Crippen molar-refractivity contribution >= 4 is 0 Å². The van der Waals surface area contributed by atoms with Crippen molar-refractivity contribution in [3.63, 3.8) is 0 Å². The number of hydrogen-bond donors (Lipinski definition) is 0. The molecule has 0 spiro atoms. The molecule has 0 heterocycles. The minimum Gasteiger partial charge on any atom is -0.355 e. The molecule has 0 aliphatic heterocycles. The molecular formula is C14H30NO4. The molecule has 0 fully saturated rings. The Kier molecular flexibility index (Phi) is 14.1. The second-order valence-corrected chi connectivity index (χ2v) is 4.44. The van der Waals surface area contributed by atoms with Gasteiger partial charge in [0.25, 0.3) is 0 Å². The first-order chi connectivity index (χ1) is 9.20. The molecular weight excluding hydrogens is 246 g/mol. The van der Waals surface area contributed by atoms with Crippen LogP contribution in [0.5, 0.6) is 0 Å². The van der Waals surface area contributed by atoms with E-state index in [1.54, 1.807) is 0 Å². The molecule has 0 N–H and O–H groups in total. The molecule has 5 nitrogen and oxygen atoms in total. The molecule has 19 heavy (non-hydrogen) atoms. The van der Waals surface area contributed by atoms with Crippen LogP contribution < -0.4 is 5.32 Å². The molecule has 0 bridgehead atoms. The van der Waals surface area contributed by atoms with E-state index in [0.717, 1.165) is 38.9 Å². The van der Waals surface area contributed by atoms with Crippen LogP contribution in [0.15, 0.2) is 0 Å². The van der Waals surface area contributed by atoms with Gasteiger partial charge >= 0.3 is 0 Å². The summed E-state index contributed by atoms with van der Waals surface area (Å²) in [5.41, 5.74) is 0. The van der Waals surface area contributed by atoms with Gasteiger partial charge in [-0.15, -0.1) is 0 Å². The molecule has 0 amide bonds. The molecule has 0 rings (SSSR count). The minimum atomic E-state index is -0.229. The number of rotatable bonds is 14. The molecule has 115 valence electrons. The van der Waals surface area contributed by atoms with Crippen LogP contribution in [0.25, 0.3) is 0 Å². The Morgan fingerprint density at radius 1 is 0.789 bits per heavy atom. The lowest BCUT2D eigenvalue weighted by atomic mass is 10.4. The Balaban J connectivity index is 3.34. The first-order valence-corrected chi connectivity index (χ1v) is 7.29. The zero-order valence-corrected chi connectivity index (χ0v) is 12.9. The van der Waals surface area contributed by atoms with Crippen LogP contribution in [-0.4, -0.2) is 39.3 Å². The molecule has 0 aliphatic carbocycles. The largest absolute Gasteiger partial charge is 0.355 e. The lowest BCUT2D eigenvalue weighted by molar-refractivity contribution is -0.137. The van der Waals surface area contributed by atoms with E-state index in [1.165, 1.54) is 0 Å². The highest BCUT2D eigenvalue weighted by Gasteiger charge is 2.09. The highest BCUT2D eigenvalue weighted by atomic mass is 16.7. The predicted octanol–water partition coefficient (Wildman–Crippen LogP) is 2.86. The SMILES string of the molecule is CCCCOCOC(C)[N]C(C)OCOCCCC. The van der Waals surface area contributed by atoms with Crippen LogP contribution in [0.2, 0.25) is 0 Å². The third-order valence-corrected chi connectivity index (χ3v) is 2.49. The second kappa shape index (κ2) is 14.2. The Labute approximate surface area is 117 Å². The van der Waals surface area contributed by atoms with Crippen LogP contribution in [0.4, 0.5) is 0 Å². The summed E-state index contributed by atoms with van der Waals surface area (Å²) < 4.78 is 21.4. The number of hydrogen-bond acceptors (Lipinski definition) is 4. The fraction of sp³-hybridized carbons (Fsp3) is 1.00. The van der Waals surface area contributed by atoms with E-state index in [9.17, 15) is 0 Å². The maximum atomic E-state index is 5.39. The van der Waals surface area contributed by atoms with E-state index in [-0.39, 0.29) is 26.0 Å². The summed E-state index contributed by atoms with van der Waals surface area (Å²) in [6.07, 6.45) is 3.91. The molecule has 0 saturated carbocycles. The van der Waals surface area contributed by atoms with Crippen molar-refractivity contribution in [1.82, 2.24) is 5.32 Å². The highest BCUT2D eigenvalue weighted by molar-refractivity contribution is 4.48. The average molecular weight is 276 g/mol. The summed E-state index contributed by atoms with van der Waals surface area (Å²) >= 11 is 0. The third-order valence-electron chi connectivity index (χ3n) is 2.49. The van der Waals surface area contributed by atoms with Gasteiger partial charge in [-0.2, -0.15) is 5.32 Å². The quantitative estimate of drug-likeness (QED) is 0.361. The van der Waals surface area contributed by atoms with E-state index in [2.05, 4.69) is 19.2 Å². The molecule has 0 saturated heterocycles. The van der Waals surface area contributed by atoms with Crippen LogP contribution >= 0.6 is 0 Å².